The number of hydrogen-bond donors (Lipinski definition) is 0. The number of aldehydes is 1. The Labute approximate surface area is 84.9 Å². The molecule has 1 aromatic carbocycles. The van der Waals surface area contributed by atoms with Crippen LogP contribution in [-0.2, 0) is 10.2 Å². The van der Waals surface area contributed by atoms with E-state index in [1.165, 1.54) is 5.56 Å². The maximum Gasteiger partial charge on any atom is 0.197 e. The summed E-state index contributed by atoms with van der Waals surface area (Å²) in [6, 6.07) is 7.74. The van der Waals surface area contributed by atoms with E-state index >= 15 is 0 Å². The summed E-state index contributed by atoms with van der Waals surface area (Å²) >= 11 is 0. The minimum absolute atomic E-state index is 0.146. The second-order valence-electron chi connectivity index (χ2n) is 4.16. The predicted octanol–water partition coefficient (Wildman–Crippen LogP) is 2.72. The molecule has 0 N–H and O–H groups in total. The molecule has 14 heavy (non-hydrogen) atoms. The van der Waals surface area contributed by atoms with Crippen molar-refractivity contribution in [2.24, 2.45) is 0 Å². The molecule has 0 aliphatic heterocycles. The topological polar surface area (TPSA) is 26.3 Å². The van der Waals surface area contributed by atoms with Gasteiger partial charge in [-0.2, -0.15) is 0 Å². The Morgan fingerprint density at radius 3 is 2.14 bits per heavy atom. The van der Waals surface area contributed by atoms with Crippen molar-refractivity contribution < 1.29 is 9.53 Å². The minimum Gasteiger partial charge on any atom is -0.479 e. The van der Waals surface area contributed by atoms with Crippen molar-refractivity contribution >= 4 is 6.29 Å². The SMILES string of the molecule is CC(C)(C)c1ccc(O[CH]C=O)cc1. The van der Waals surface area contributed by atoms with Crippen molar-refractivity contribution in [1.29, 1.82) is 0 Å². The molecule has 0 aliphatic rings. The van der Waals surface area contributed by atoms with Gasteiger partial charge in [-0.1, -0.05) is 32.9 Å². The lowest BCUT2D eigenvalue weighted by Gasteiger charge is -2.18. The summed E-state index contributed by atoms with van der Waals surface area (Å²) in [6.07, 6.45) is 0.623. The quantitative estimate of drug-likeness (QED) is 0.687. The van der Waals surface area contributed by atoms with Crippen LogP contribution < -0.4 is 4.74 Å². The van der Waals surface area contributed by atoms with E-state index in [9.17, 15) is 4.79 Å². The Morgan fingerprint density at radius 2 is 1.71 bits per heavy atom. The molecule has 2 nitrogen and oxygen atoms in total. The Bertz CT molecular complexity index is 293. The molecule has 0 bridgehead atoms. The van der Waals surface area contributed by atoms with Crippen molar-refractivity contribution in [2.45, 2.75) is 26.2 Å². The van der Waals surface area contributed by atoms with Crippen LogP contribution >= 0.6 is 0 Å². The number of rotatable bonds is 3. The number of ether oxygens (including phenoxy) is 1. The smallest absolute Gasteiger partial charge is 0.197 e. The number of hydrogen-bond acceptors (Lipinski definition) is 2. The summed E-state index contributed by atoms with van der Waals surface area (Å²) in [5, 5.41) is 0. The summed E-state index contributed by atoms with van der Waals surface area (Å²) in [5.74, 6) is 0.685. The molecule has 0 heterocycles. The van der Waals surface area contributed by atoms with Crippen LogP contribution in [0.5, 0.6) is 5.75 Å². The van der Waals surface area contributed by atoms with E-state index in [-0.39, 0.29) is 5.41 Å². The minimum atomic E-state index is 0.146. The molecule has 0 amide bonds. The fourth-order valence-corrected chi connectivity index (χ4v) is 1.14. The Balaban J connectivity index is 2.73. The standard InChI is InChI=1S/C12H15O2/c1-12(2,3)10-4-6-11(7-5-10)14-9-8-13/h4-9H,1-3H3. The molecule has 1 rings (SSSR count). The van der Waals surface area contributed by atoms with Gasteiger partial charge in [0.1, 0.15) is 5.75 Å². The molecule has 0 saturated heterocycles. The van der Waals surface area contributed by atoms with Gasteiger partial charge in [0.2, 0.25) is 0 Å². The van der Waals surface area contributed by atoms with Crippen molar-refractivity contribution in [2.75, 3.05) is 0 Å². The summed E-state index contributed by atoms with van der Waals surface area (Å²) in [6.45, 7) is 7.59. The van der Waals surface area contributed by atoms with E-state index in [4.69, 9.17) is 4.74 Å². The lowest BCUT2D eigenvalue weighted by Crippen LogP contribution is -2.10. The van der Waals surface area contributed by atoms with Crippen LogP contribution in [0.1, 0.15) is 26.3 Å². The molecule has 0 aliphatic carbocycles. The first-order valence-corrected chi connectivity index (χ1v) is 4.58. The number of carbonyl (C=O) groups is 1. The molecule has 2 heteroatoms. The van der Waals surface area contributed by atoms with Crippen molar-refractivity contribution in [3.63, 3.8) is 0 Å². The average Bonchev–Trinajstić information content (AvgIpc) is 2.14. The molecule has 1 radical (unpaired) electrons. The van der Waals surface area contributed by atoms with Crippen molar-refractivity contribution in [3.05, 3.63) is 36.4 Å². The monoisotopic (exact) mass is 191 g/mol. The van der Waals surface area contributed by atoms with E-state index in [1.54, 1.807) is 0 Å². The molecule has 0 saturated carbocycles. The second kappa shape index (κ2) is 4.27. The number of carbonyl (C=O) groups excluding carboxylic acids is 1. The molecular weight excluding hydrogens is 176 g/mol. The molecule has 0 spiro atoms. The summed E-state index contributed by atoms with van der Waals surface area (Å²) in [5.41, 5.74) is 1.39. The van der Waals surface area contributed by atoms with Gasteiger partial charge in [-0.15, -0.1) is 0 Å². The van der Waals surface area contributed by atoms with Gasteiger partial charge >= 0.3 is 0 Å². The first-order valence-electron chi connectivity index (χ1n) is 4.58. The van der Waals surface area contributed by atoms with Crippen LogP contribution in [0.15, 0.2) is 24.3 Å². The maximum atomic E-state index is 10.0. The van der Waals surface area contributed by atoms with Crippen LogP contribution in [-0.4, -0.2) is 6.29 Å². The zero-order valence-electron chi connectivity index (χ0n) is 8.78. The fraction of sp³-hybridized carbons (Fsp3) is 0.333. The third kappa shape index (κ3) is 2.87. The van der Waals surface area contributed by atoms with Gasteiger partial charge in [0.15, 0.2) is 12.9 Å². The highest BCUT2D eigenvalue weighted by Gasteiger charge is 2.12. The van der Waals surface area contributed by atoms with Crippen molar-refractivity contribution in [3.8, 4) is 5.75 Å². The Morgan fingerprint density at radius 1 is 1.14 bits per heavy atom. The first kappa shape index (κ1) is 10.8. The largest absolute Gasteiger partial charge is 0.479 e. The highest BCUT2D eigenvalue weighted by atomic mass is 16.5. The lowest BCUT2D eigenvalue weighted by atomic mass is 9.87. The molecule has 0 atom stereocenters. The van der Waals surface area contributed by atoms with Gasteiger partial charge in [-0.25, -0.2) is 0 Å². The van der Waals surface area contributed by atoms with Crippen LogP contribution in [0.4, 0.5) is 0 Å². The van der Waals surface area contributed by atoms with Gasteiger partial charge in [0.05, 0.1) is 0 Å². The van der Waals surface area contributed by atoms with Gasteiger partial charge in [0.25, 0.3) is 0 Å². The summed E-state index contributed by atoms with van der Waals surface area (Å²) < 4.78 is 5.03. The first-order chi connectivity index (χ1) is 6.54. The van der Waals surface area contributed by atoms with E-state index in [0.717, 1.165) is 6.61 Å². The predicted molar refractivity (Wildman–Crippen MR) is 56.1 cm³/mol. The molecule has 1 aromatic rings. The summed E-state index contributed by atoms with van der Waals surface area (Å²) in [7, 11) is 0. The average molecular weight is 191 g/mol. The second-order valence-corrected chi connectivity index (χ2v) is 4.16. The summed E-state index contributed by atoms with van der Waals surface area (Å²) in [4.78, 5) is 10.0. The molecular formula is C12H15O2. The molecule has 0 unspecified atom stereocenters. The third-order valence-corrected chi connectivity index (χ3v) is 1.98. The van der Waals surface area contributed by atoms with Crippen LogP contribution in [0, 0.1) is 6.61 Å². The highest BCUT2D eigenvalue weighted by molar-refractivity contribution is 5.59. The molecule has 75 valence electrons. The molecule has 0 fully saturated rings. The van der Waals surface area contributed by atoms with Crippen LogP contribution in [0.3, 0.4) is 0 Å². The van der Waals surface area contributed by atoms with E-state index in [2.05, 4.69) is 20.8 Å². The van der Waals surface area contributed by atoms with E-state index in [0.29, 0.717) is 12.0 Å². The van der Waals surface area contributed by atoms with Gasteiger partial charge in [-0.3, -0.25) is 4.79 Å². The zero-order valence-corrected chi connectivity index (χ0v) is 8.78. The Kier molecular flexibility index (Phi) is 3.28. The molecule has 0 aromatic heterocycles. The normalized spacial score (nSPS) is 11.1. The number of benzene rings is 1. The van der Waals surface area contributed by atoms with E-state index < -0.39 is 0 Å². The fourth-order valence-electron chi connectivity index (χ4n) is 1.14. The van der Waals surface area contributed by atoms with Crippen molar-refractivity contribution in [1.82, 2.24) is 0 Å². The van der Waals surface area contributed by atoms with E-state index in [1.807, 2.05) is 24.3 Å². The van der Waals surface area contributed by atoms with Gasteiger partial charge < -0.3 is 4.74 Å². The van der Waals surface area contributed by atoms with Gasteiger partial charge in [0, 0.05) is 0 Å². The van der Waals surface area contributed by atoms with Gasteiger partial charge in [-0.05, 0) is 23.1 Å². The highest BCUT2D eigenvalue weighted by Crippen LogP contribution is 2.24. The maximum absolute atomic E-state index is 10.0. The lowest BCUT2D eigenvalue weighted by molar-refractivity contribution is -0.107. The van der Waals surface area contributed by atoms with Crippen LogP contribution in [0.25, 0.3) is 0 Å². The third-order valence-electron chi connectivity index (χ3n) is 1.98. The van der Waals surface area contributed by atoms with Crippen LogP contribution in [0.2, 0.25) is 0 Å². The zero-order chi connectivity index (χ0) is 10.6. The Hall–Kier alpha value is -1.31.